The predicted octanol–water partition coefficient (Wildman–Crippen LogP) is 2.81. The molecule has 0 fully saturated rings. The van der Waals surface area contributed by atoms with Gasteiger partial charge in [0.15, 0.2) is 0 Å². The Morgan fingerprint density at radius 2 is 2.00 bits per heavy atom. The number of amides is 1. The number of alkyl halides is 3. The van der Waals surface area contributed by atoms with E-state index in [4.69, 9.17) is 5.73 Å². The van der Waals surface area contributed by atoms with Crippen molar-refractivity contribution in [3.05, 3.63) is 48.2 Å². The van der Waals surface area contributed by atoms with Crippen LogP contribution in [-0.2, 0) is 0 Å². The third-order valence-electron chi connectivity index (χ3n) is 2.41. The van der Waals surface area contributed by atoms with Gasteiger partial charge in [-0.15, -0.1) is 13.2 Å². The number of anilines is 2. The zero-order valence-electron chi connectivity index (χ0n) is 10.5. The summed E-state index contributed by atoms with van der Waals surface area (Å²) in [6.07, 6.45) is -3.37. The fraction of sp³-hybridized carbons (Fsp3) is 0.0769. The smallest absolute Gasteiger partial charge is 0.406 e. The van der Waals surface area contributed by atoms with E-state index in [-0.39, 0.29) is 17.1 Å². The standard InChI is InChI=1S/C13H10F3N3O2/c14-13(15,16)21-9-4-1-3-8(7-9)19-12(20)10-5-2-6-18-11(10)17/h1-7H,(H2,17,18)(H,19,20). The van der Waals surface area contributed by atoms with Crippen molar-refractivity contribution in [1.82, 2.24) is 4.98 Å². The molecule has 0 spiro atoms. The molecule has 0 unspecified atom stereocenters. The number of nitrogens with one attached hydrogen (secondary N) is 1. The van der Waals surface area contributed by atoms with Crippen LogP contribution in [0.1, 0.15) is 10.4 Å². The van der Waals surface area contributed by atoms with E-state index in [2.05, 4.69) is 15.0 Å². The Labute approximate surface area is 117 Å². The number of ether oxygens (including phenoxy) is 1. The largest absolute Gasteiger partial charge is 0.573 e. The fourth-order valence-electron chi connectivity index (χ4n) is 1.58. The van der Waals surface area contributed by atoms with Crippen molar-refractivity contribution in [2.24, 2.45) is 0 Å². The molecule has 0 aliphatic heterocycles. The number of nitrogens with two attached hydrogens (primary N) is 1. The minimum Gasteiger partial charge on any atom is -0.406 e. The minimum absolute atomic E-state index is 0.0256. The van der Waals surface area contributed by atoms with E-state index in [1.807, 2.05) is 0 Å². The van der Waals surface area contributed by atoms with Gasteiger partial charge in [-0.2, -0.15) is 0 Å². The van der Waals surface area contributed by atoms with Gasteiger partial charge in [-0.3, -0.25) is 4.79 Å². The first-order valence-electron chi connectivity index (χ1n) is 5.73. The van der Waals surface area contributed by atoms with E-state index in [1.54, 1.807) is 0 Å². The summed E-state index contributed by atoms with van der Waals surface area (Å²) >= 11 is 0. The van der Waals surface area contributed by atoms with Crippen LogP contribution in [0.15, 0.2) is 42.6 Å². The average Bonchev–Trinajstić information content (AvgIpc) is 2.37. The van der Waals surface area contributed by atoms with Crippen LogP contribution in [0.4, 0.5) is 24.7 Å². The summed E-state index contributed by atoms with van der Waals surface area (Å²) in [7, 11) is 0. The van der Waals surface area contributed by atoms with E-state index in [0.717, 1.165) is 12.1 Å². The Hall–Kier alpha value is -2.77. The number of pyridine rings is 1. The van der Waals surface area contributed by atoms with Crippen molar-refractivity contribution in [2.75, 3.05) is 11.1 Å². The van der Waals surface area contributed by atoms with Crippen LogP contribution < -0.4 is 15.8 Å². The molecule has 2 aromatic rings. The van der Waals surface area contributed by atoms with Crippen LogP contribution in [0.3, 0.4) is 0 Å². The minimum atomic E-state index is -4.80. The SMILES string of the molecule is Nc1ncccc1C(=O)Nc1cccc(OC(F)(F)F)c1. The molecule has 1 amide bonds. The molecule has 5 nitrogen and oxygen atoms in total. The number of carbonyl (C=O) groups is 1. The molecule has 0 saturated carbocycles. The first-order chi connectivity index (χ1) is 9.85. The van der Waals surface area contributed by atoms with Gasteiger partial charge in [0, 0.05) is 18.0 Å². The first-order valence-corrected chi connectivity index (χ1v) is 5.73. The van der Waals surface area contributed by atoms with Crippen LogP contribution in [0.2, 0.25) is 0 Å². The summed E-state index contributed by atoms with van der Waals surface area (Å²) in [6.45, 7) is 0. The van der Waals surface area contributed by atoms with Gasteiger partial charge in [0.25, 0.3) is 5.91 Å². The lowest BCUT2D eigenvalue weighted by Crippen LogP contribution is -2.18. The summed E-state index contributed by atoms with van der Waals surface area (Å²) in [5, 5.41) is 2.42. The zero-order chi connectivity index (χ0) is 15.5. The molecule has 0 atom stereocenters. The highest BCUT2D eigenvalue weighted by Gasteiger charge is 2.31. The normalized spacial score (nSPS) is 11.0. The highest BCUT2D eigenvalue weighted by Crippen LogP contribution is 2.25. The Morgan fingerprint density at radius 3 is 2.67 bits per heavy atom. The van der Waals surface area contributed by atoms with Crippen LogP contribution in [0.5, 0.6) is 5.75 Å². The second-order valence-electron chi connectivity index (χ2n) is 3.97. The van der Waals surface area contributed by atoms with Crippen molar-refractivity contribution < 1.29 is 22.7 Å². The summed E-state index contributed by atoms with van der Waals surface area (Å²) < 4.78 is 40.1. The van der Waals surface area contributed by atoms with Gasteiger partial charge < -0.3 is 15.8 Å². The fourth-order valence-corrected chi connectivity index (χ4v) is 1.58. The van der Waals surface area contributed by atoms with Crippen molar-refractivity contribution in [3.8, 4) is 5.75 Å². The summed E-state index contributed by atoms with van der Waals surface area (Å²) in [4.78, 5) is 15.7. The van der Waals surface area contributed by atoms with E-state index in [9.17, 15) is 18.0 Å². The molecule has 3 N–H and O–H groups in total. The summed E-state index contributed by atoms with van der Waals surface area (Å²) in [5.74, 6) is -0.984. The highest BCUT2D eigenvalue weighted by molar-refractivity contribution is 6.07. The number of benzene rings is 1. The molecule has 2 rings (SSSR count). The lowest BCUT2D eigenvalue weighted by atomic mass is 10.2. The number of aromatic nitrogens is 1. The first kappa shape index (κ1) is 14.6. The molecule has 0 bridgehead atoms. The molecular weight excluding hydrogens is 287 g/mol. The van der Waals surface area contributed by atoms with Gasteiger partial charge in [0.05, 0.1) is 5.56 Å². The van der Waals surface area contributed by atoms with Crippen molar-refractivity contribution in [2.45, 2.75) is 6.36 Å². The molecule has 0 radical (unpaired) electrons. The molecule has 0 aliphatic rings. The van der Waals surface area contributed by atoms with E-state index in [1.165, 1.54) is 30.5 Å². The van der Waals surface area contributed by atoms with Crippen LogP contribution in [0.25, 0.3) is 0 Å². The zero-order valence-corrected chi connectivity index (χ0v) is 10.5. The maximum absolute atomic E-state index is 12.1. The lowest BCUT2D eigenvalue weighted by Gasteiger charge is -2.11. The molecule has 21 heavy (non-hydrogen) atoms. The van der Waals surface area contributed by atoms with Gasteiger partial charge in [0.1, 0.15) is 11.6 Å². The Bertz CT molecular complexity index is 659. The topological polar surface area (TPSA) is 77.2 Å². The average molecular weight is 297 g/mol. The van der Waals surface area contributed by atoms with Crippen molar-refractivity contribution >= 4 is 17.4 Å². The number of halogens is 3. The van der Waals surface area contributed by atoms with Gasteiger partial charge in [-0.25, -0.2) is 4.98 Å². The van der Waals surface area contributed by atoms with Gasteiger partial charge in [0.2, 0.25) is 0 Å². The van der Waals surface area contributed by atoms with Gasteiger partial charge in [-0.1, -0.05) is 6.07 Å². The van der Waals surface area contributed by atoms with Crippen LogP contribution >= 0.6 is 0 Å². The van der Waals surface area contributed by atoms with Crippen LogP contribution in [-0.4, -0.2) is 17.3 Å². The summed E-state index contributed by atoms with van der Waals surface area (Å²) in [6, 6.07) is 7.90. The van der Waals surface area contributed by atoms with Crippen LogP contribution in [0, 0.1) is 0 Å². The molecular formula is C13H10F3N3O2. The van der Waals surface area contributed by atoms with Crippen molar-refractivity contribution in [1.29, 1.82) is 0 Å². The van der Waals surface area contributed by atoms with E-state index < -0.39 is 18.0 Å². The number of hydrogen-bond acceptors (Lipinski definition) is 4. The third kappa shape index (κ3) is 4.10. The lowest BCUT2D eigenvalue weighted by molar-refractivity contribution is -0.274. The number of nitrogens with zero attached hydrogens (tertiary/aromatic N) is 1. The second-order valence-corrected chi connectivity index (χ2v) is 3.97. The van der Waals surface area contributed by atoms with Crippen molar-refractivity contribution in [3.63, 3.8) is 0 Å². The molecule has 110 valence electrons. The summed E-state index contributed by atoms with van der Waals surface area (Å²) in [5.41, 5.74) is 5.81. The molecule has 0 aliphatic carbocycles. The molecule has 1 aromatic carbocycles. The van der Waals surface area contributed by atoms with Gasteiger partial charge >= 0.3 is 6.36 Å². The predicted molar refractivity (Wildman–Crippen MR) is 69.7 cm³/mol. The number of rotatable bonds is 3. The molecule has 1 heterocycles. The Kier molecular flexibility index (Phi) is 3.97. The molecule has 1 aromatic heterocycles. The Balaban J connectivity index is 2.15. The quantitative estimate of drug-likeness (QED) is 0.913. The van der Waals surface area contributed by atoms with E-state index >= 15 is 0 Å². The monoisotopic (exact) mass is 297 g/mol. The maximum atomic E-state index is 12.1. The number of carbonyl (C=O) groups excluding carboxylic acids is 1. The molecule has 8 heteroatoms. The highest BCUT2D eigenvalue weighted by atomic mass is 19.4. The number of nitrogen functional groups attached to an aromatic ring is 1. The Morgan fingerprint density at radius 1 is 1.24 bits per heavy atom. The third-order valence-corrected chi connectivity index (χ3v) is 2.41. The molecule has 0 saturated heterocycles. The number of hydrogen-bond donors (Lipinski definition) is 2. The second kappa shape index (κ2) is 5.70. The van der Waals surface area contributed by atoms with Gasteiger partial charge in [-0.05, 0) is 24.3 Å². The maximum Gasteiger partial charge on any atom is 0.573 e. The van der Waals surface area contributed by atoms with E-state index in [0.29, 0.717) is 0 Å².